The molecule has 0 aliphatic heterocycles. The average molecular weight is 189 g/mol. The van der Waals surface area contributed by atoms with Gasteiger partial charge in [0.05, 0.1) is 0 Å². The standard InChI is InChI=1S/C12H15NO/c1-12(2,7-5-9-14)10-11-6-3-4-8-13-11/h3-9H,10H2,1-2H3/b7-5+. The summed E-state index contributed by atoms with van der Waals surface area (Å²) in [5.74, 6) is 0. The van der Waals surface area contributed by atoms with Crippen LogP contribution in [0.4, 0.5) is 0 Å². The molecule has 0 saturated carbocycles. The second-order valence-electron chi connectivity index (χ2n) is 3.98. The number of hydrogen-bond acceptors (Lipinski definition) is 2. The molecule has 14 heavy (non-hydrogen) atoms. The van der Waals surface area contributed by atoms with Gasteiger partial charge in [-0.2, -0.15) is 0 Å². The molecule has 0 saturated heterocycles. The summed E-state index contributed by atoms with van der Waals surface area (Å²) in [4.78, 5) is 14.5. The SMILES string of the molecule is CC(C)(/C=C/C=O)Cc1ccccn1. The minimum Gasteiger partial charge on any atom is -0.299 e. The van der Waals surface area contributed by atoms with Gasteiger partial charge in [0.15, 0.2) is 0 Å². The van der Waals surface area contributed by atoms with Gasteiger partial charge >= 0.3 is 0 Å². The summed E-state index contributed by atoms with van der Waals surface area (Å²) < 4.78 is 0. The van der Waals surface area contributed by atoms with Crippen molar-refractivity contribution in [2.24, 2.45) is 5.41 Å². The van der Waals surface area contributed by atoms with Crippen molar-refractivity contribution in [3.05, 3.63) is 42.2 Å². The maximum Gasteiger partial charge on any atom is 0.142 e. The van der Waals surface area contributed by atoms with E-state index in [0.717, 1.165) is 18.4 Å². The lowest BCUT2D eigenvalue weighted by Gasteiger charge is -2.18. The van der Waals surface area contributed by atoms with Gasteiger partial charge in [0, 0.05) is 11.9 Å². The molecular formula is C12H15NO. The third-order valence-corrected chi connectivity index (χ3v) is 1.99. The molecule has 0 aromatic carbocycles. The molecule has 1 aromatic heterocycles. The van der Waals surface area contributed by atoms with Crippen LogP contribution >= 0.6 is 0 Å². The first-order valence-corrected chi connectivity index (χ1v) is 4.67. The summed E-state index contributed by atoms with van der Waals surface area (Å²) in [6.07, 6.45) is 6.89. The molecule has 0 N–H and O–H groups in total. The van der Waals surface area contributed by atoms with Crippen molar-refractivity contribution in [3.63, 3.8) is 0 Å². The molecule has 0 aliphatic carbocycles. The molecule has 74 valence electrons. The molecule has 0 atom stereocenters. The van der Waals surface area contributed by atoms with Gasteiger partial charge in [0.1, 0.15) is 6.29 Å². The Morgan fingerprint density at radius 2 is 2.21 bits per heavy atom. The van der Waals surface area contributed by atoms with Crippen LogP contribution in [0.25, 0.3) is 0 Å². The van der Waals surface area contributed by atoms with Crippen molar-refractivity contribution in [2.45, 2.75) is 20.3 Å². The lowest BCUT2D eigenvalue weighted by molar-refractivity contribution is -0.104. The third-order valence-electron chi connectivity index (χ3n) is 1.99. The molecule has 0 aliphatic rings. The number of pyridine rings is 1. The van der Waals surface area contributed by atoms with Gasteiger partial charge in [-0.3, -0.25) is 9.78 Å². The van der Waals surface area contributed by atoms with Crippen molar-refractivity contribution in [2.75, 3.05) is 0 Å². The van der Waals surface area contributed by atoms with Crippen LogP contribution in [0.5, 0.6) is 0 Å². The first-order chi connectivity index (χ1) is 6.64. The van der Waals surface area contributed by atoms with Gasteiger partial charge in [-0.15, -0.1) is 0 Å². The van der Waals surface area contributed by atoms with Crippen LogP contribution in [0.2, 0.25) is 0 Å². The molecule has 0 amide bonds. The summed E-state index contributed by atoms with van der Waals surface area (Å²) >= 11 is 0. The molecule has 1 rings (SSSR count). The fourth-order valence-electron chi connectivity index (χ4n) is 1.33. The second-order valence-corrected chi connectivity index (χ2v) is 3.98. The maximum absolute atomic E-state index is 10.2. The number of nitrogens with zero attached hydrogens (tertiary/aromatic N) is 1. The number of hydrogen-bond donors (Lipinski definition) is 0. The highest BCUT2D eigenvalue weighted by Crippen LogP contribution is 2.21. The van der Waals surface area contributed by atoms with E-state index >= 15 is 0 Å². The van der Waals surface area contributed by atoms with E-state index in [9.17, 15) is 4.79 Å². The lowest BCUT2D eigenvalue weighted by Crippen LogP contribution is -2.12. The molecule has 2 heteroatoms. The predicted molar refractivity (Wildman–Crippen MR) is 56.9 cm³/mol. The van der Waals surface area contributed by atoms with E-state index < -0.39 is 0 Å². The van der Waals surface area contributed by atoms with Crippen LogP contribution in [0, 0.1) is 5.41 Å². The van der Waals surface area contributed by atoms with Gasteiger partial charge in [-0.25, -0.2) is 0 Å². The predicted octanol–water partition coefficient (Wildman–Crippen LogP) is 2.41. The van der Waals surface area contributed by atoms with Crippen molar-refractivity contribution in [3.8, 4) is 0 Å². The Labute approximate surface area is 84.7 Å². The summed E-state index contributed by atoms with van der Waals surface area (Å²) in [6.45, 7) is 4.17. The second kappa shape index (κ2) is 4.70. The van der Waals surface area contributed by atoms with Gasteiger partial charge in [-0.05, 0) is 30.0 Å². The van der Waals surface area contributed by atoms with Crippen LogP contribution in [0.1, 0.15) is 19.5 Å². The zero-order valence-corrected chi connectivity index (χ0v) is 8.60. The smallest absolute Gasteiger partial charge is 0.142 e. The normalized spacial score (nSPS) is 11.9. The highest BCUT2D eigenvalue weighted by molar-refractivity contribution is 5.64. The minimum atomic E-state index is -0.0186. The lowest BCUT2D eigenvalue weighted by atomic mass is 9.87. The van der Waals surface area contributed by atoms with E-state index in [1.165, 1.54) is 0 Å². The summed E-state index contributed by atoms with van der Waals surface area (Å²) in [6, 6.07) is 5.87. The zero-order chi connectivity index (χ0) is 10.4. The number of carbonyl (C=O) groups is 1. The molecule has 0 radical (unpaired) electrons. The Morgan fingerprint density at radius 3 is 2.79 bits per heavy atom. The van der Waals surface area contributed by atoms with Gasteiger partial charge < -0.3 is 0 Å². The van der Waals surface area contributed by atoms with Crippen molar-refractivity contribution < 1.29 is 4.79 Å². The topological polar surface area (TPSA) is 30.0 Å². The average Bonchev–Trinajstić information content (AvgIpc) is 2.16. The van der Waals surface area contributed by atoms with Gasteiger partial charge in [-0.1, -0.05) is 26.0 Å². The van der Waals surface area contributed by atoms with E-state index in [4.69, 9.17) is 0 Å². The Morgan fingerprint density at radius 1 is 1.43 bits per heavy atom. The van der Waals surface area contributed by atoms with Gasteiger partial charge in [0.25, 0.3) is 0 Å². The number of rotatable bonds is 4. The molecule has 0 spiro atoms. The van der Waals surface area contributed by atoms with Gasteiger partial charge in [0.2, 0.25) is 0 Å². The van der Waals surface area contributed by atoms with Crippen LogP contribution in [-0.2, 0) is 11.2 Å². The Hall–Kier alpha value is -1.44. The van der Waals surface area contributed by atoms with E-state index in [1.54, 1.807) is 12.3 Å². The minimum absolute atomic E-state index is 0.0186. The van der Waals surface area contributed by atoms with Crippen molar-refractivity contribution in [1.29, 1.82) is 0 Å². The molecule has 0 fully saturated rings. The number of carbonyl (C=O) groups excluding carboxylic acids is 1. The summed E-state index contributed by atoms with van der Waals surface area (Å²) in [7, 11) is 0. The van der Waals surface area contributed by atoms with E-state index in [2.05, 4.69) is 18.8 Å². The Bertz CT molecular complexity index is 314. The highest BCUT2D eigenvalue weighted by atomic mass is 16.1. The quantitative estimate of drug-likeness (QED) is 0.537. The van der Waals surface area contributed by atoms with Crippen LogP contribution in [-0.4, -0.2) is 11.3 Å². The first kappa shape index (κ1) is 10.6. The molecule has 0 unspecified atom stereocenters. The first-order valence-electron chi connectivity index (χ1n) is 4.67. The molecule has 0 bridgehead atoms. The Kier molecular flexibility index (Phi) is 3.57. The maximum atomic E-state index is 10.2. The molecule has 2 nitrogen and oxygen atoms in total. The number of aromatic nitrogens is 1. The van der Waals surface area contributed by atoms with E-state index in [1.807, 2.05) is 24.3 Å². The fraction of sp³-hybridized carbons (Fsp3) is 0.333. The monoisotopic (exact) mass is 189 g/mol. The summed E-state index contributed by atoms with van der Waals surface area (Å²) in [5.41, 5.74) is 1.03. The molecule has 1 aromatic rings. The van der Waals surface area contributed by atoms with Crippen LogP contribution < -0.4 is 0 Å². The van der Waals surface area contributed by atoms with Crippen LogP contribution in [0.15, 0.2) is 36.5 Å². The number of aldehydes is 1. The van der Waals surface area contributed by atoms with E-state index in [0.29, 0.717) is 0 Å². The zero-order valence-electron chi connectivity index (χ0n) is 8.60. The number of allylic oxidation sites excluding steroid dienone is 2. The largest absolute Gasteiger partial charge is 0.299 e. The Balaban J connectivity index is 2.68. The summed E-state index contributed by atoms with van der Waals surface area (Å²) in [5, 5.41) is 0. The fourth-order valence-corrected chi connectivity index (χ4v) is 1.33. The van der Waals surface area contributed by atoms with Crippen molar-refractivity contribution >= 4 is 6.29 Å². The van der Waals surface area contributed by atoms with Crippen LogP contribution in [0.3, 0.4) is 0 Å². The highest BCUT2D eigenvalue weighted by Gasteiger charge is 2.14. The van der Waals surface area contributed by atoms with E-state index in [-0.39, 0.29) is 5.41 Å². The molecular weight excluding hydrogens is 174 g/mol. The van der Waals surface area contributed by atoms with Crippen molar-refractivity contribution in [1.82, 2.24) is 4.98 Å². The molecule has 1 heterocycles. The third kappa shape index (κ3) is 3.52.